The predicted molar refractivity (Wildman–Crippen MR) is 86.2 cm³/mol. The van der Waals surface area contributed by atoms with E-state index in [-0.39, 0.29) is 25.9 Å². The summed E-state index contributed by atoms with van der Waals surface area (Å²) in [6.45, 7) is 0.219. The number of carboxylic acids is 1. The van der Waals surface area contributed by atoms with Crippen molar-refractivity contribution >= 4 is 22.6 Å². The Balaban J connectivity index is 2.06. The molecule has 6 nitrogen and oxygen atoms in total. The molecule has 0 amide bonds. The molecule has 1 aliphatic heterocycles. The number of β-amino-alcohol motifs (C(OH)–C–C–N with tert-alkyl or cyclic N) is 1. The summed E-state index contributed by atoms with van der Waals surface area (Å²) in [4.78, 5) is 24.9. The lowest BCUT2D eigenvalue weighted by molar-refractivity contribution is 0.0694. The summed E-state index contributed by atoms with van der Waals surface area (Å²) in [6.07, 6.45) is 0.451. The number of fused-ring (bicyclic) bond motifs is 1. The maximum absolute atomic E-state index is 15.2. The molecule has 138 valence electrons. The second-order valence-electron chi connectivity index (χ2n) is 6.77. The number of pyridine rings is 1. The van der Waals surface area contributed by atoms with E-state index in [1.807, 2.05) is 0 Å². The predicted octanol–water partition coefficient (Wildman–Crippen LogP) is 1.96. The van der Waals surface area contributed by atoms with Crippen LogP contribution in [0.15, 0.2) is 17.1 Å². The van der Waals surface area contributed by atoms with Crippen molar-refractivity contribution in [3.63, 3.8) is 0 Å². The van der Waals surface area contributed by atoms with Crippen molar-refractivity contribution in [1.82, 2.24) is 4.57 Å². The Kier molecular flexibility index (Phi) is 3.56. The summed E-state index contributed by atoms with van der Waals surface area (Å²) in [5, 5.41) is 18.3. The molecule has 1 aromatic carbocycles. The van der Waals surface area contributed by atoms with E-state index in [1.165, 1.54) is 4.90 Å². The molecule has 2 N–H and O–H groups in total. The Hall–Kier alpha value is -2.55. The Bertz CT molecular complexity index is 1000. The molecular formula is C17H15F3N2O4. The van der Waals surface area contributed by atoms with Gasteiger partial charge in [-0.2, -0.15) is 0 Å². The molecule has 0 unspecified atom stereocenters. The van der Waals surface area contributed by atoms with Crippen LogP contribution in [0, 0.1) is 11.6 Å². The smallest absolute Gasteiger partial charge is 0.341 e. The first-order valence-electron chi connectivity index (χ1n) is 8.16. The minimum Gasteiger partial charge on any atom is -0.477 e. The Morgan fingerprint density at radius 3 is 2.54 bits per heavy atom. The maximum atomic E-state index is 15.2. The van der Waals surface area contributed by atoms with Crippen molar-refractivity contribution < 1.29 is 28.2 Å². The number of hydrogen-bond donors (Lipinski definition) is 2. The highest BCUT2D eigenvalue weighted by Crippen LogP contribution is 2.47. The monoisotopic (exact) mass is 368 g/mol. The van der Waals surface area contributed by atoms with Crippen LogP contribution in [-0.4, -0.2) is 39.9 Å². The first-order chi connectivity index (χ1) is 12.2. The fourth-order valence-corrected chi connectivity index (χ4v) is 3.45. The molecule has 2 fully saturated rings. The number of alkyl halides is 1. The van der Waals surface area contributed by atoms with Gasteiger partial charge in [0.1, 0.15) is 17.1 Å². The number of aliphatic hydroxyl groups excluding tert-OH is 1. The maximum Gasteiger partial charge on any atom is 0.341 e. The zero-order valence-electron chi connectivity index (χ0n) is 13.5. The number of carbonyl (C=O) groups is 1. The first-order valence-corrected chi connectivity index (χ1v) is 8.16. The molecule has 1 aromatic heterocycles. The van der Waals surface area contributed by atoms with Gasteiger partial charge in [-0.3, -0.25) is 4.79 Å². The lowest BCUT2D eigenvalue weighted by Gasteiger charge is -2.23. The Morgan fingerprint density at radius 1 is 1.31 bits per heavy atom. The summed E-state index contributed by atoms with van der Waals surface area (Å²) < 4.78 is 45.3. The van der Waals surface area contributed by atoms with Gasteiger partial charge in [0.05, 0.1) is 17.0 Å². The molecule has 0 radical (unpaired) electrons. The summed E-state index contributed by atoms with van der Waals surface area (Å²) in [5.41, 5.74) is -2.73. The van der Waals surface area contributed by atoms with E-state index in [1.54, 1.807) is 0 Å². The highest BCUT2D eigenvalue weighted by Gasteiger charge is 2.47. The van der Waals surface area contributed by atoms with Gasteiger partial charge in [0.2, 0.25) is 5.43 Å². The van der Waals surface area contributed by atoms with E-state index in [0.29, 0.717) is 6.42 Å². The van der Waals surface area contributed by atoms with Crippen molar-refractivity contribution in [3.05, 3.63) is 39.7 Å². The van der Waals surface area contributed by atoms with E-state index in [4.69, 9.17) is 0 Å². The Labute approximate surface area is 145 Å². The number of aliphatic hydroxyl groups is 1. The number of aromatic carboxylic acids is 1. The molecule has 2 aromatic rings. The highest BCUT2D eigenvalue weighted by atomic mass is 19.2. The van der Waals surface area contributed by atoms with Crippen LogP contribution in [0.2, 0.25) is 0 Å². The standard InChI is InChI=1S/C17H15F3N2O4/c18-11-5-9-13(12(19)14(11)21-4-1-8(23)6-21)22(17(20)2-3-17)7-10(15(9)24)16(25)26/h5,7-8,23H,1-4,6H2,(H,25,26)/t8-/m0/s1. The van der Waals surface area contributed by atoms with Crippen LogP contribution in [0.5, 0.6) is 0 Å². The van der Waals surface area contributed by atoms with E-state index in [9.17, 15) is 28.6 Å². The first kappa shape index (κ1) is 16.9. The molecule has 0 bridgehead atoms. The number of anilines is 1. The second-order valence-corrected chi connectivity index (χ2v) is 6.77. The third-order valence-corrected chi connectivity index (χ3v) is 4.96. The number of rotatable bonds is 3. The molecule has 1 atom stereocenters. The van der Waals surface area contributed by atoms with Crippen molar-refractivity contribution in [1.29, 1.82) is 0 Å². The van der Waals surface area contributed by atoms with Gasteiger partial charge >= 0.3 is 5.97 Å². The normalized spacial score (nSPS) is 21.4. The topological polar surface area (TPSA) is 82.8 Å². The van der Waals surface area contributed by atoms with Gasteiger partial charge in [-0.1, -0.05) is 0 Å². The highest BCUT2D eigenvalue weighted by molar-refractivity contribution is 5.94. The van der Waals surface area contributed by atoms with Gasteiger partial charge in [0.25, 0.3) is 0 Å². The lowest BCUT2D eigenvalue weighted by atomic mass is 10.1. The van der Waals surface area contributed by atoms with E-state index in [2.05, 4.69) is 0 Å². The number of carboxylic acid groups (broad SMARTS) is 1. The number of aromatic nitrogens is 1. The molecule has 1 saturated carbocycles. The zero-order valence-corrected chi connectivity index (χ0v) is 13.5. The largest absolute Gasteiger partial charge is 0.477 e. The molecule has 2 aliphatic rings. The quantitative estimate of drug-likeness (QED) is 0.866. The van der Waals surface area contributed by atoms with Crippen molar-refractivity contribution in [2.45, 2.75) is 31.2 Å². The number of benzene rings is 1. The summed E-state index contributed by atoms with van der Waals surface area (Å²) >= 11 is 0. The van der Waals surface area contributed by atoms with Crippen LogP contribution in [-0.2, 0) is 5.79 Å². The van der Waals surface area contributed by atoms with Gasteiger partial charge in [0, 0.05) is 32.1 Å². The van der Waals surface area contributed by atoms with Crippen molar-refractivity contribution in [2.75, 3.05) is 18.0 Å². The third kappa shape index (κ3) is 2.38. The van der Waals surface area contributed by atoms with Crippen LogP contribution in [0.3, 0.4) is 0 Å². The second kappa shape index (κ2) is 5.47. The van der Waals surface area contributed by atoms with Gasteiger partial charge in [0.15, 0.2) is 11.6 Å². The summed E-state index contributed by atoms with van der Waals surface area (Å²) in [7, 11) is 0. The molecule has 9 heteroatoms. The molecular weight excluding hydrogens is 353 g/mol. The third-order valence-electron chi connectivity index (χ3n) is 4.96. The SMILES string of the molecule is O=C(O)c1cn(C2(F)CC2)c2c(F)c(N3CC[C@H](O)C3)c(F)cc2c1=O. The fourth-order valence-electron chi connectivity index (χ4n) is 3.45. The van der Waals surface area contributed by atoms with Crippen molar-refractivity contribution in [3.8, 4) is 0 Å². The zero-order chi connectivity index (χ0) is 18.8. The minimum absolute atomic E-state index is 0.0115. The summed E-state index contributed by atoms with van der Waals surface area (Å²) in [6, 6.07) is 0.745. The van der Waals surface area contributed by atoms with Gasteiger partial charge < -0.3 is 19.7 Å². The van der Waals surface area contributed by atoms with Crippen LogP contribution in [0.4, 0.5) is 18.9 Å². The average Bonchev–Trinajstić information content (AvgIpc) is 3.17. The molecule has 1 aliphatic carbocycles. The average molecular weight is 368 g/mol. The molecule has 4 rings (SSSR count). The van der Waals surface area contributed by atoms with Gasteiger partial charge in [-0.15, -0.1) is 0 Å². The lowest BCUT2D eigenvalue weighted by Crippen LogP contribution is -2.27. The van der Waals surface area contributed by atoms with Crippen molar-refractivity contribution in [2.24, 2.45) is 0 Å². The van der Waals surface area contributed by atoms with Gasteiger partial charge in [-0.25, -0.2) is 18.0 Å². The summed E-state index contributed by atoms with van der Waals surface area (Å²) in [5.74, 6) is -5.79. The van der Waals surface area contributed by atoms with Gasteiger partial charge in [-0.05, 0) is 12.5 Å². The fraction of sp³-hybridized carbons (Fsp3) is 0.412. The van der Waals surface area contributed by atoms with E-state index >= 15 is 4.39 Å². The molecule has 0 spiro atoms. The number of nitrogens with zero attached hydrogens (tertiary/aromatic N) is 2. The van der Waals surface area contributed by atoms with E-state index < -0.39 is 57.1 Å². The van der Waals surface area contributed by atoms with Crippen LogP contribution >= 0.6 is 0 Å². The Morgan fingerprint density at radius 2 is 2.00 bits per heavy atom. The van der Waals surface area contributed by atoms with Crippen LogP contribution in [0.1, 0.15) is 29.6 Å². The molecule has 26 heavy (non-hydrogen) atoms. The van der Waals surface area contributed by atoms with Crippen LogP contribution < -0.4 is 10.3 Å². The molecule has 2 heterocycles. The minimum atomic E-state index is -2.00. The number of hydrogen-bond acceptors (Lipinski definition) is 4. The number of halogens is 3. The van der Waals surface area contributed by atoms with E-state index in [0.717, 1.165) is 16.8 Å². The van der Waals surface area contributed by atoms with Crippen LogP contribution in [0.25, 0.3) is 10.9 Å². The molecule has 1 saturated heterocycles.